The molecule has 3 N–H and O–H groups in total. The van der Waals surface area contributed by atoms with Crippen molar-refractivity contribution in [2.75, 3.05) is 42.9 Å². The van der Waals surface area contributed by atoms with Gasteiger partial charge in [0, 0.05) is 51.4 Å². The number of fused-ring (bicyclic) bond motifs is 1. The van der Waals surface area contributed by atoms with Crippen molar-refractivity contribution >= 4 is 34.2 Å². The summed E-state index contributed by atoms with van der Waals surface area (Å²) in [5.41, 5.74) is 4.36. The van der Waals surface area contributed by atoms with Gasteiger partial charge in [-0.15, -0.1) is 0 Å². The maximum Gasteiger partial charge on any atom is 0.347 e. The summed E-state index contributed by atoms with van der Waals surface area (Å²) in [7, 11) is 0. The first-order chi connectivity index (χ1) is 17.0. The second-order valence-electron chi connectivity index (χ2n) is 8.67. The highest BCUT2D eigenvalue weighted by Gasteiger charge is 2.26. The molecule has 180 valence electrons. The Hall–Kier alpha value is -3.59. The highest BCUT2D eigenvalue weighted by Crippen LogP contribution is 2.31. The third-order valence-electron chi connectivity index (χ3n) is 6.21. The molecule has 3 aromatic rings. The van der Waals surface area contributed by atoms with Crippen molar-refractivity contribution in [2.24, 2.45) is 0 Å². The van der Waals surface area contributed by atoms with E-state index in [9.17, 15) is 15.2 Å². The average Bonchev–Trinajstić information content (AvgIpc) is 3.24. The van der Waals surface area contributed by atoms with Gasteiger partial charge in [-0.05, 0) is 31.0 Å². The maximum atomic E-state index is 11.4. The van der Waals surface area contributed by atoms with E-state index in [1.165, 1.54) is 5.56 Å². The molecule has 0 amide bonds. The molecule has 0 unspecified atom stereocenters. The Morgan fingerprint density at radius 3 is 2.83 bits per heavy atom. The molecule has 0 radical (unpaired) electrons. The Balaban J connectivity index is 1.44. The second-order valence-corrected chi connectivity index (χ2v) is 9.67. The summed E-state index contributed by atoms with van der Waals surface area (Å²) in [4.78, 5) is 30.3. The summed E-state index contributed by atoms with van der Waals surface area (Å²) in [6.45, 7) is 7.50. The highest BCUT2D eigenvalue weighted by atomic mass is 32.1. The van der Waals surface area contributed by atoms with E-state index in [1.54, 1.807) is 6.92 Å². The monoisotopic (exact) mass is 490 g/mol. The molecule has 4 heterocycles. The third-order valence-corrected chi connectivity index (χ3v) is 7.27. The van der Waals surface area contributed by atoms with Gasteiger partial charge >= 0.3 is 5.97 Å². The van der Waals surface area contributed by atoms with Crippen LogP contribution in [0.1, 0.15) is 37.7 Å². The zero-order valence-corrected chi connectivity index (χ0v) is 20.2. The van der Waals surface area contributed by atoms with Gasteiger partial charge < -0.3 is 15.3 Å². The predicted molar refractivity (Wildman–Crippen MR) is 133 cm³/mol. The first-order valence-electron chi connectivity index (χ1n) is 11.5. The summed E-state index contributed by atoms with van der Waals surface area (Å²) in [6.07, 6.45) is 0.840. The number of rotatable bonds is 6. The van der Waals surface area contributed by atoms with E-state index in [2.05, 4.69) is 31.5 Å². The number of piperazine rings is 1. The van der Waals surface area contributed by atoms with Crippen molar-refractivity contribution in [1.82, 2.24) is 25.2 Å². The molecule has 2 aliphatic rings. The number of carboxylic acid groups (broad SMARTS) is 1. The van der Waals surface area contributed by atoms with E-state index in [0.717, 1.165) is 74.1 Å². The molecule has 2 aromatic heterocycles. The number of hydrogen-bond donors (Lipinski definition) is 3. The van der Waals surface area contributed by atoms with E-state index in [0.29, 0.717) is 28.9 Å². The standard InChI is InChI=1S/C24H26N8O2S/c1-15-20(22(33)34)35-24(27-15)30-23-28-19-14-31(13-17-4-2-3-16(11-17)12-25)8-5-18(19)21(29-23)32-9-6-26-7-10-32/h2-4,11,26H,5-10,13-14H2,1H3,(H,33,34)(H,27,28,29,30). The molecule has 2 aliphatic heterocycles. The minimum absolute atomic E-state index is 0.207. The van der Waals surface area contributed by atoms with Crippen molar-refractivity contribution in [3.63, 3.8) is 0 Å². The molecular formula is C24H26N8O2S. The molecule has 0 saturated carbocycles. The van der Waals surface area contributed by atoms with E-state index in [1.807, 2.05) is 24.3 Å². The van der Waals surface area contributed by atoms with Gasteiger partial charge in [-0.1, -0.05) is 23.5 Å². The number of aromatic nitrogens is 3. The molecule has 11 heteroatoms. The van der Waals surface area contributed by atoms with Crippen LogP contribution < -0.4 is 15.5 Å². The van der Waals surface area contributed by atoms with E-state index >= 15 is 0 Å². The number of anilines is 3. The lowest BCUT2D eigenvalue weighted by Gasteiger charge is -2.34. The van der Waals surface area contributed by atoms with E-state index < -0.39 is 5.97 Å². The summed E-state index contributed by atoms with van der Waals surface area (Å²) < 4.78 is 0. The minimum atomic E-state index is -0.989. The van der Waals surface area contributed by atoms with Crippen LogP contribution in [0.4, 0.5) is 16.9 Å². The van der Waals surface area contributed by atoms with Crippen LogP contribution in [0.25, 0.3) is 0 Å². The fourth-order valence-corrected chi connectivity index (χ4v) is 5.33. The van der Waals surface area contributed by atoms with Gasteiger partial charge in [0.2, 0.25) is 5.95 Å². The molecule has 35 heavy (non-hydrogen) atoms. The number of thiazole rings is 1. The van der Waals surface area contributed by atoms with Crippen molar-refractivity contribution in [3.05, 3.63) is 57.2 Å². The fourth-order valence-electron chi connectivity index (χ4n) is 4.54. The number of nitrogens with one attached hydrogen (secondary N) is 2. The van der Waals surface area contributed by atoms with Crippen molar-refractivity contribution < 1.29 is 9.90 Å². The van der Waals surface area contributed by atoms with Crippen LogP contribution in [0, 0.1) is 18.3 Å². The molecule has 1 saturated heterocycles. The van der Waals surface area contributed by atoms with Gasteiger partial charge in [0.15, 0.2) is 5.13 Å². The predicted octanol–water partition coefficient (Wildman–Crippen LogP) is 2.52. The van der Waals surface area contributed by atoms with Crippen LogP contribution in [0.5, 0.6) is 0 Å². The summed E-state index contributed by atoms with van der Waals surface area (Å²) in [5.74, 6) is 0.380. The Morgan fingerprint density at radius 1 is 1.26 bits per heavy atom. The highest BCUT2D eigenvalue weighted by molar-refractivity contribution is 7.17. The summed E-state index contributed by atoms with van der Waals surface area (Å²) in [5, 5.41) is 25.6. The lowest BCUT2D eigenvalue weighted by molar-refractivity contribution is 0.0701. The van der Waals surface area contributed by atoms with Gasteiger partial charge in [-0.3, -0.25) is 10.2 Å². The van der Waals surface area contributed by atoms with Crippen LogP contribution in [0.15, 0.2) is 24.3 Å². The Labute approximate surface area is 207 Å². The van der Waals surface area contributed by atoms with Gasteiger partial charge in [0.05, 0.1) is 23.0 Å². The number of benzene rings is 1. The fraction of sp³-hybridized carbons (Fsp3) is 0.375. The topological polar surface area (TPSA) is 130 Å². The number of nitrogens with zero attached hydrogens (tertiary/aromatic N) is 6. The van der Waals surface area contributed by atoms with Crippen LogP contribution in [-0.4, -0.2) is 63.7 Å². The molecule has 5 rings (SSSR count). The SMILES string of the molecule is Cc1nc(Nc2nc3c(c(N4CCNCC4)n2)CCN(Cc2cccc(C#N)c2)C3)sc1C(=O)O. The lowest BCUT2D eigenvalue weighted by Crippen LogP contribution is -2.45. The molecule has 0 aliphatic carbocycles. The minimum Gasteiger partial charge on any atom is -0.477 e. The molecular weight excluding hydrogens is 464 g/mol. The van der Waals surface area contributed by atoms with Gasteiger partial charge in [0.25, 0.3) is 0 Å². The van der Waals surface area contributed by atoms with Gasteiger partial charge in [-0.2, -0.15) is 10.2 Å². The number of nitriles is 1. The van der Waals surface area contributed by atoms with Crippen LogP contribution >= 0.6 is 11.3 Å². The smallest absolute Gasteiger partial charge is 0.347 e. The Kier molecular flexibility index (Phi) is 6.59. The quantitative estimate of drug-likeness (QED) is 0.474. The molecule has 0 spiro atoms. The Bertz CT molecular complexity index is 1300. The third kappa shape index (κ3) is 5.09. The van der Waals surface area contributed by atoms with Crippen LogP contribution in [0.2, 0.25) is 0 Å². The zero-order valence-electron chi connectivity index (χ0n) is 19.4. The van der Waals surface area contributed by atoms with E-state index in [4.69, 9.17) is 9.97 Å². The van der Waals surface area contributed by atoms with Crippen LogP contribution in [-0.2, 0) is 19.5 Å². The first kappa shape index (κ1) is 23.2. The molecule has 1 fully saturated rings. The maximum absolute atomic E-state index is 11.4. The van der Waals surface area contributed by atoms with Crippen molar-refractivity contribution in [2.45, 2.75) is 26.4 Å². The number of aryl methyl sites for hydroxylation is 1. The molecule has 1 aromatic carbocycles. The first-order valence-corrected chi connectivity index (χ1v) is 12.4. The van der Waals surface area contributed by atoms with Gasteiger partial charge in [0.1, 0.15) is 10.7 Å². The molecule has 0 atom stereocenters. The number of carbonyl (C=O) groups is 1. The van der Waals surface area contributed by atoms with Crippen molar-refractivity contribution in [1.29, 1.82) is 5.26 Å². The molecule has 10 nitrogen and oxygen atoms in total. The second kappa shape index (κ2) is 9.95. The molecule has 0 bridgehead atoms. The van der Waals surface area contributed by atoms with E-state index in [-0.39, 0.29) is 4.88 Å². The normalized spacial score (nSPS) is 15.9. The number of carboxylic acids is 1. The summed E-state index contributed by atoms with van der Waals surface area (Å²) in [6, 6.07) is 9.91. The zero-order chi connectivity index (χ0) is 24.4. The number of hydrogen-bond acceptors (Lipinski definition) is 10. The van der Waals surface area contributed by atoms with Crippen LogP contribution in [0.3, 0.4) is 0 Å². The lowest BCUT2D eigenvalue weighted by atomic mass is 10.0. The Morgan fingerprint density at radius 2 is 2.09 bits per heavy atom. The number of aromatic carboxylic acids is 1. The average molecular weight is 491 g/mol. The summed E-state index contributed by atoms with van der Waals surface area (Å²) >= 11 is 1.08. The largest absolute Gasteiger partial charge is 0.477 e. The van der Waals surface area contributed by atoms with Gasteiger partial charge in [-0.25, -0.2) is 14.8 Å². The van der Waals surface area contributed by atoms with Crippen molar-refractivity contribution in [3.8, 4) is 6.07 Å².